The molecule has 1 rings (SSSR count). The molecule has 0 heterocycles. The van der Waals surface area contributed by atoms with Gasteiger partial charge in [0.2, 0.25) is 41.4 Å². The minimum Gasteiger partial charge on any atom is -0.481 e. The van der Waals surface area contributed by atoms with Crippen LogP contribution in [0.1, 0.15) is 65.4 Å². The van der Waals surface area contributed by atoms with E-state index in [-0.39, 0.29) is 44.1 Å². The molecule has 0 fully saturated rings. The van der Waals surface area contributed by atoms with E-state index in [9.17, 15) is 48.3 Å². The van der Waals surface area contributed by atoms with Crippen LogP contribution >= 0.6 is 0 Å². The number of amides is 7. The lowest BCUT2D eigenvalue weighted by Crippen LogP contribution is -2.59. The number of hydrogen-bond acceptors (Lipinski definition) is 11. The standard InChI is InChI=1S/C35H55N11O11/c1-17(2)13-23(33(55)46-25(34(56)57)14-20-9-6-5-7-10-20)44-29(51)19(4)42-32(54)24(16-26(37)47)45-31(53)22(11-8-12-40-35(38)39)43-28(50)18(3)41-30(52)21(36)15-27(48)49/h5-7,9-10,17-19,21-25H,8,11-16,36H2,1-4H3,(H2,37,47)(H,41,52)(H,42,54)(H,43,50)(H,44,51)(H,45,53)(H,46,55)(H,48,49)(H,56,57)(H4,38,39,40)/t18-,19-,21-,22-,23-,24-,25-/m0/s1. The average Bonchev–Trinajstić information content (AvgIpc) is 3.11. The van der Waals surface area contributed by atoms with E-state index < -0.39 is 108 Å². The molecule has 316 valence electrons. The molecule has 1 aromatic rings. The van der Waals surface area contributed by atoms with Crippen LogP contribution in [-0.2, 0) is 49.6 Å². The van der Waals surface area contributed by atoms with E-state index in [4.69, 9.17) is 28.0 Å². The number of benzene rings is 1. The number of aliphatic carboxylic acids is 2. The number of nitrogens with two attached hydrogens (primary N) is 4. The van der Waals surface area contributed by atoms with Crippen molar-refractivity contribution in [3.63, 3.8) is 0 Å². The van der Waals surface area contributed by atoms with Crippen molar-refractivity contribution in [1.82, 2.24) is 31.9 Å². The zero-order valence-corrected chi connectivity index (χ0v) is 32.3. The molecule has 22 nitrogen and oxygen atoms in total. The molecule has 0 saturated heterocycles. The summed E-state index contributed by atoms with van der Waals surface area (Å²) in [5, 5.41) is 32.9. The van der Waals surface area contributed by atoms with Crippen molar-refractivity contribution >= 4 is 59.2 Å². The molecule has 0 saturated carbocycles. The van der Waals surface area contributed by atoms with Crippen LogP contribution in [0.15, 0.2) is 35.3 Å². The van der Waals surface area contributed by atoms with Crippen molar-refractivity contribution in [1.29, 1.82) is 0 Å². The zero-order chi connectivity index (χ0) is 43.4. The number of carboxylic acid groups (broad SMARTS) is 2. The minimum absolute atomic E-state index is 0.0238. The number of guanidine groups is 1. The lowest BCUT2D eigenvalue weighted by Gasteiger charge is -2.26. The third-order valence-corrected chi connectivity index (χ3v) is 8.09. The normalized spacial score (nSPS) is 14.5. The molecule has 57 heavy (non-hydrogen) atoms. The Kier molecular flexibility index (Phi) is 20.7. The van der Waals surface area contributed by atoms with Crippen LogP contribution in [0.2, 0.25) is 0 Å². The van der Waals surface area contributed by atoms with E-state index >= 15 is 0 Å². The van der Waals surface area contributed by atoms with Gasteiger partial charge in [-0.1, -0.05) is 44.2 Å². The highest BCUT2D eigenvalue weighted by Gasteiger charge is 2.33. The van der Waals surface area contributed by atoms with Crippen molar-refractivity contribution in [3.8, 4) is 0 Å². The summed E-state index contributed by atoms with van der Waals surface area (Å²) in [7, 11) is 0. The summed E-state index contributed by atoms with van der Waals surface area (Å²) in [5.41, 5.74) is 22.2. The molecule has 0 unspecified atom stereocenters. The third-order valence-electron chi connectivity index (χ3n) is 8.09. The number of hydrogen-bond donors (Lipinski definition) is 12. The fourth-order valence-corrected chi connectivity index (χ4v) is 5.12. The fraction of sp³-hybridized carbons (Fsp3) is 0.543. The van der Waals surface area contributed by atoms with Gasteiger partial charge in [-0.3, -0.25) is 43.3 Å². The average molecular weight is 806 g/mol. The van der Waals surface area contributed by atoms with Crippen molar-refractivity contribution in [2.24, 2.45) is 33.8 Å². The number of primary amides is 1. The first kappa shape index (κ1) is 48.7. The number of carbonyl (C=O) groups excluding carboxylic acids is 7. The quantitative estimate of drug-likeness (QED) is 0.0255. The van der Waals surface area contributed by atoms with Crippen molar-refractivity contribution in [3.05, 3.63) is 35.9 Å². The molecule has 0 spiro atoms. The fourth-order valence-electron chi connectivity index (χ4n) is 5.12. The Morgan fingerprint density at radius 3 is 1.63 bits per heavy atom. The smallest absolute Gasteiger partial charge is 0.326 e. The Morgan fingerprint density at radius 2 is 1.12 bits per heavy atom. The highest BCUT2D eigenvalue weighted by atomic mass is 16.4. The molecule has 16 N–H and O–H groups in total. The predicted molar refractivity (Wildman–Crippen MR) is 204 cm³/mol. The minimum atomic E-state index is -1.67. The highest BCUT2D eigenvalue weighted by Crippen LogP contribution is 2.09. The number of nitrogens with zero attached hydrogens (tertiary/aromatic N) is 1. The first-order valence-electron chi connectivity index (χ1n) is 18.0. The first-order chi connectivity index (χ1) is 26.6. The molecule has 0 aliphatic heterocycles. The second-order valence-electron chi connectivity index (χ2n) is 13.7. The van der Waals surface area contributed by atoms with E-state index in [1.807, 2.05) is 0 Å². The van der Waals surface area contributed by atoms with Crippen LogP contribution in [-0.4, -0.2) is 118 Å². The lowest BCUT2D eigenvalue weighted by atomic mass is 10.0. The molecule has 0 aliphatic carbocycles. The van der Waals surface area contributed by atoms with E-state index in [1.165, 1.54) is 13.8 Å². The number of carbonyl (C=O) groups is 9. The van der Waals surface area contributed by atoms with Crippen LogP contribution < -0.4 is 54.8 Å². The molecule has 0 radical (unpaired) electrons. The van der Waals surface area contributed by atoms with E-state index in [1.54, 1.807) is 44.2 Å². The van der Waals surface area contributed by atoms with E-state index in [0.29, 0.717) is 5.56 Å². The Hall–Kier alpha value is -6.32. The molecular weight excluding hydrogens is 750 g/mol. The molecule has 0 aliphatic rings. The topological polar surface area (TPSA) is 383 Å². The second-order valence-corrected chi connectivity index (χ2v) is 13.7. The predicted octanol–water partition coefficient (Wildman–Crippen LogP) is -3.96. The largest absolute Gasteiger partial charge is 0.481 e. The number of aliphatic imine (C=N–C) groups is 1. The monoisotopic (exact) mass is 805 g/mol. The molecule has 7 atom stereocenters. The van der Waals surface area contributed by atoms with Crippen LogP contribution in [0.5, 0.6) is 0 Å². The Balaban J connectivity index is 3.13. The molecular formula is C35H55N11O11. The summed E-state index contributed by atoms with van der Waals surface area (Å²) in [5.74, 6) is -9.54. The zero-order valence-electron chi connectivity index (χ0n) is 32.3. The van der Waals surface area contributed by atoms with E-state index in [0.717, 1.165) is 0 Å². The van der Waals surface area contributed by atoms with Gasteiger partial charge >= 0.3 is 11.9 Å². The van der Waals surface area contributed by atoms with Gasteiger partial charge in [-0.15, -0.1) is 0 Å². The maximum absolute atomic E-state index is 13.5. The SMILES string of the molecule is CC(C)C[C@H](NC(=O)[C@H](C)NC(=O)[C@H](CC(N)=O)NC(=O)[C@H](CCCN=C(N)N)NC(=O)[C@H](C)NC(=O)[C@@H](N)CC(=O)O)C(=O)N[C@@H](Cc1ccccc1)C(=O)O. The van der Waals surface area contributed by atoms with Gasteiger partial charge in [-0.05, 0) is 44.6 Å². The van der Waals surface area contributed by atoms with Crippen molar-refractivity contribution < 1.29 is 53.4 Å². The summed E-state index contributed by atoms with van der Waals surface area (Å²) in [6.45, 7) is 6.09. The molecule has 1 aromatic carbocycles. The van der Waals surface area contributed by atoms with Crippen LogP contribution in [0.25, 0.3) is 0 Å². The van der Waals surface area contributed by atoms with Gasteiger partial charge in [0.1, 0.15) is 36.3 Å². The van der Waals surface area contributed by atoms with Crippen LogP contribution in [0, 0.1) is 5.92 Å². The first-order valence-corrected chi connectivity index (χ1v) is 18.0. The van der Waals surface area contributed by atoms with Gasteiger partial charge < -0.3 is 65.0 Å². The number of nitrogens with one attached hydrogen (secondary N) is 6. The Morgan fingerprint density at radius 1 is 0.632 bits per heavy atom. The van der Waals surface area contributed by atoms with Gasteiger partial charge in [0, 0.05) is 13.0 Å². The molecule has 7 amide bonds. The third kappa shape index (κ3) is 19.2. The van der Waals surface area contributed by atoms with Gasteiger partial charge in [0.05, 0.1) is 18.9 Å². The Labute approximate surface area is 329 Å². The van der Waals surface area contributed by atoms with Crippen molar-refractivity contribution in [2.75, 3.05) is 6.54 Å². The second kappa shape index (κ2) is 24.2. The Bertz CT molecular complexity index is 1620. The summed E-state index contributed by atoms with van der Waals surface area (Å²) >= 11 is 0. The number of rotatable bonds is 25. The van der Waals surface area contributed by atoms with Gasteiger partial charge in [0.15, 0.2) is 5.96 Å². The highest BCUT2D eigenvalue weighted by molar-refractivity contribution is 5.98. The van der Waals surface area contributed by atoms with E-state index in [2.05, 4.69) is 36.9 Å². The van der Waals surface area contributed by atoms with Crippen LogP contribution in [0.3, 0.4) is 0 Å². The van der Waals surface area contributed by atoms with Gasteiger partial charge in [-0.25, -0.2) is 4.79 Å². The van der Waals surface area contributed by atoms with Crippen LogP contribution in [0.4, 0.5) is 0 Å². The molecule has 22 heteroatoms. The molecule has 0 bridgehead atoms. The summed E-state index contributed by atoms with van der Waals surface area (Å²) in [4.78, 5) is 117. The van der Waals surface area contributed by atoms with Gasteiger partial charge in [0.25, 0.3) is 0 Å². The number of carboxylic acids is 2. The summed E-state index contributed by atoms with van der Waals surface area (Å²) in [6.07, 6.45) is -1.38. The lowest BCUT2D eigenvalue weighted by molar-refractivity contribution is -0.142. The summed E-state index contributed by atoms with van der Waals surface area (Å²) in [6, 6.07) is -1.15. The summed E-state index contributed by atoms with van der Waals surface area (Å²) < 4.78 is 0. The van der Waals surface area contributed by atoms with Gasteiger partial charge in [-0.2, -0.15) is 0 Å². The maximum atomic E-state index is 13.5. The van der Waals surface area contributed by atoms with Crippen molar-refractivity contribution in [2.45, 2.75) is 109 Å². The molecule has 0 aromatic heterocycles. The maximum Gasteiger partial charge on any atom is 0.326 e.